The zero-order valence-electron chi connectivity index (χ0n) is 19.7. The number of carbonyl (C=O) groups is 1. The van der Waals surface area contributed by atoms with Gasteiger partial charge in [-0.1, -0.05) is 35.9 Å². The number of carbonyl (C=O) groups excluding carboxylic acids is 1. The number of hydrogen-bond acceptors (Lipinski definition) is 6. The first-order valence-corrected chi connectivity index (χ1v) is 11.5. The van der Waals surface area contributed by atoms with Gasteiger partial charge in [0.1, 0.15) is 11.3 Å². The highest BCUT2D eigenvalue weighted by molar-refractivity contribution is 5.97. The number of aryl methyl sites for hydroxylation is 3. The molecule has 0 saturated carbocycles. The van der Waals surface area contributed by atoms with Gasteiger partial charge in [-0.25, -0.2) is 4.98 Å². The minimum Gasteiger partial charge on any atom is -0.437 e. The predicted octanol–water partition coefficient (Wildman–Crippen LogP) is 4.64. The number of ketones is 1. The third kappa shape index (κ3) is 4.52. The molecule has 0 spiro atoms. The van der Waals surface area contributed by atoms with Crippen LogP contribution in [0.25, 0.3) is 11.0 Å². The van der Waals surface area contributed by atoms with Crippen LogP contribution in [0.3, 0.4) is 0 Å². The van der Waals surface area contributed by atoms with E-state index < -0.39 is 0 Å². The standard InChI is InChI=1S/C27H28N4O3/c1-18-5-4-6-21(15-18)23(32)16-20-8-7-19(2)24(17-20)34-26-25-22(9-10-30(25)3)28-27(29-26)31-11-13-33-14-12-31/h4-10,15,17H,11-14,16H2,1-3H3. The maximum atomic E-state index is 12.8. The molecule has 7 nitrogen and oxygen atoms in total. The molecule has 0 N–H and O–H groups in total. The molecule has 3 heterocycles. The number of benzene rings is 2. The lowest BCUT2D eigenvalue weighted by atomic mass is 10.0. The first-order chi connectivity index (χ1) is 16.5. The van der Waals surface area contributed by atoms with Crippen molar-refractivity contribution in [3.05, 3.63) is 77.0 Å². The highest BCUT2D eigenvalue weighted by atomic mass is 16.5. The number of hydrogen-bond donors (Lipinski definition) is 0. The Morgan fingerprint density at radius 3 is 2.68 bits per heavy atom. The fourth-order valence-corrected chi connectivity index (χ4v) is 4.19. The molecule has 0 radical (unpaired) electrons. The van der Waals surface area contributed by atoms with E-state index in [1.54, 1.807) is 0 Å². The minimum atomic E-state index is 0.0833. The maximum Gasteiger partial charge on any atom is 0.249 e. The van der Waals surface area contributed by atoms with Gasteiger partial charge < -0.3 is 18.9 Å². The molecule has 0 amide bonds. The fraction of sp³-hybridized carbons (Fsp3) is 0.296. The molecule has 1 aliphatic rings. The fourth-order valence-electron chi connectivity index (χ4n) is 4.19. The Labute approximate surface area is 199 Å². The van der Waals surface area contributed by atoms with Crippen molar-refractivity contribution in [1.29, 1.82) is 0 Å². The van der Waals surface area contributed by atoms with Crippen LogP contribution in [0.2, 0.25) is 0 Å². The van der Waals surface area contributed by atoms with Gasteiger partial charge in [0.2, 0.25) is 11.8 Å². The third-order valence-corrected chi connectivity index (χ3v) is 6.13. The van der Waals surface area contributed by atoms with Crippen LogP contribution < -0.4 is 9.64 Å². The van der Waals surface area contributed by atoms with Crippen molar-refractivity contribution in [3.8, 4) is 11.6 Å². The molecular weight excluding hydrogens is 428 g/mol. The Morgan fingerprint density at radius 2 is 1.88 bits per heavy atom. The molecular formula is C27H28N4O3. The summed E-state index contributed by atoms with van der Waals surface area (Å²) < 4.78 is 13.8. The monoisotopic (exact) mass is 456 g/mol. The molecule has 0 bridgehead atoms. The van der Waals surface area contributed by atoms with E-state index in [1.165, 1.54) is 0 Å². The summed E-state index contributed by atoms with van der Waals surface area (Å²) in [4.78, 5) is 24.5. The quantitative estimate of drug-likeness (QED) is 0.394. The number of ether oxygens (including phenoxy) is 2. The lowest BCUT2D eigenvalue weighted by Gasteiger charge is -2.27. The zero-order chi connectivity index (χ0) is 23.7. The molecule has 2 aromatic heterocycles. The van der Waals surface area contributed by atoms with Gasteiger partial charge >= 0.3 is 0 Å². The number of fused-ring (bicyclic) bond motifs is 1. The lowest BCUT2D eigenvalue weighted by molar-refractivity contribution is 0.0993. The highest BCUT2D eigenvalue weighted by Gasteiger charge is 2.20. The second-order valence-electron chi connectivity index (χ2n) is 8.76. The summed E-state index contributed by atoms with van der Waals surface area (Å²) in [7, 11) is 1.96. The average molecular weight is 457 g/mol. The molecule has 34 heavy (non-hydrogen) atoms. The van der Waals surface area contributed by atoms with Crippen LogP contribution in [0.4, 0.5) is 5.95 Å². The number of morpholine rings is 1. The first kappa shape index (κ1) is 22.1. The van der Waals surface area contributed by atoms with Gasteiger partial charge in [0.25, 0.3) is 0 Å². The van der Waals surface area contributed by atoms with E-state index in [2.05, 4.69) is 4.90 Å². The largest absolute Gasteiger partial charge is 0.437 e. The van der Waals surface area contributed by atoms with Crippen molar-refractivity contribution in [2.75, 3.05) is 31.2 Å². The van der Waals surface area contributed by atoms with E-state index in [0.717, 1.165) is 46.4 Å². The number of nitrogens with zero attached hydrogens (tertiary/aromatic N) is 4. The lowest BCUT2D eigenvalue weighted by Crippen LogP contribution is -2.37. The van der Waals surface area contributed by atoms with Crippen molar-refractivity contribution in [2.45, 2.75) is 20.3 Å². The van der Waals surface area contributed by atoms with Crippen molar-refractivity contribution in [2.24, 2.45) is 7.05 Å². The Balaban J connectivity index is 1.46. The summed E-state index contributed by atoms with van der Waals surface area (Å²) in [6, 6.07) is 15.6. The summed E-state index contributed by atoms with van der Waals surface area (Å²) in [5.74, 6) is 1.91. The van der Waals surface area contributed by atoms with Gasteiger partial charge in [0.15, 0.2) is 5.78 Å². The summed E-state index contributed by atoms with van der Waals surface area (Å²) in [6.45, 7) is 6.78. The molecule has 0 aliphatic carbocycles. The van der Waals surface area contributed by atoms with Crippen LogP contribution >= 0.6 is 0 Å². The summed E-state index contributed by atoms with van der Waals surface area (Å²) in [6.07, 6.45) is 2.27. The first-order valence-electron chi connectivity index (χ1n) is 11.5. The SMILES string of the molecule is Cc1cccc(C(=O)Cc2ccc(C)c(Oc3nc(N4CCOCC4)nc4ccn(C)c34)c2)c1. The van der Waals surface area contributed by atoms with Crippen molar-refractivity contribution < 1.29 is 14.3 Å². The van der Waals surface area contributed by atoms with E-state index in [0.29, 0.717) is 37.2 Å². The smallest absolute Gasteiger partial charge is 0.249 e. The number of aromatic nitrogens is 3. The van der Waals surface area contributed by atoms with Crippen molar-refractivity contribution >= 4 is 22.8 Å². The van der Waals surface area contributed by atoms with Crippen LogP contribution in [-0.4, -0.2) is 46.6 Å². The van der Waals surface area contributed by atoms with Crippen LogP contribution in [0.15, 0.2) is 54.7 Å². The van der Waals surface area contributed by atoms with Crippen LogP contribution in [0, 0.1) is 13.8 Å². The Morgan fingerprint density at radius 1 is 1.06 bits per heavy atom. The molecule has 1 fully saturated rings. The van der Waals surface area contributed by atoms with Crippen molar-refractivity contribution in [3.63, 3.8) is 0 Å². The molecule has 7 heteroatoms. The zero-order valence-corrected chi connectivity index (χ0v) is 19.7. The van der Waals surface area contributed by atoms with Crippen LogP contribution in [0.1, 0.15) is 27.0 Å². The summed E-state index contributed by atoms with van der Waals surface area (Å²) >= 11 is 0. The highest BCUT2D eigenvalue weighted by Crippen LogP contribution is 2.32. The van der Waals surface area contributed by atoms with Crippen LogP contribution in [0.5, 0.6) is 11.6 Å². The average Bonchev–Trinajstić information content (AvgIpc) is 3.22. The second-order valence-corrected chi connectivity index (χ2v) is 8.76. The topological polar surface area (TPSA) is 69.5 Å². The van der Waals surface area contributed by atoms with Gasteiger partial charge in [-0.3, -0.25) is 4.79 Å². The van der Waals surface area contributed by atoms with Gasteiger partial charge in [0, 0.05) is 38.3 Å². The predicted molar refractivity (Wildman–Crippen MR) is 132 cm³/mol. The van der Waals surface area contributed by atoms with Gasteiger partial charge in [-0.05, 0) is 43.2 Å². The van der Waals surface area contributed by atoms with E-state index in [-0.39, 0.29) is 5.78 Å². The van der Waals surface area contributed by atoms with E-state index >= 15 is 0 Å². The minimum absolute atomic E-state index is 0.0833. The van der Waals surface area contributed by atoms with E-state index in [9.17, 15) is 4.79 Å². The normalized spacial score (nSPS) is 13.9. The van der Waals surface area contributed by atoms with E-state index in [1.807, 2.05) is 80.2 Å². The maximum absolute atomic E-state index is 12.8. The molecule has 4 aromatic rings. The third-order valence-electron chi connectivity index (χ3n) is 6.13. The van der Waals surface area contributed by atoms with Gasteiger partial charge in [-0.15, -0.1) is 0 Å². The van der Waals surface area contributed by atoms with Crippen molar-refractivity contribution in [1.82, 2.24) is 14.5 Å². The molecule has 1 saturated heterocycles. The van der Waals surface area contributed by atoms with Gasteiger partial charge in [0.05, 0.1) is 18.7 Å². The Hall–Kier alpha value is -3.71. The van der Waals surface area contributed by atoms with Crippen LogP contribution in [-0.2, 0) is 18.2 Å². The molecule has 2 aromatic carbocycles. The summed E-state index contributed by atoms with van der Waals surface area (Å²) in [5.41, 5.74) is 5.33. The number of anilines is 1. The molecule has 5 rings (SSSR count). The Kier molecular flexibility index (Phi) is 6.02. The number of Topliss-reactive ketones (excluding diaryl/α,β-unsaturated/α-hetero) is 1. The van der Waals surface area contributed by atoms with Gasteiger partial charge in [-0.2, -0.15) is 4.98 Å². The Bertz CT molecular complexity index is 1360. The number of rotatable bonds is 6. The second kappa shape index (κ2) is 9.27. The summed E-state index contributed by atoms with van der Waals surface area (Å²) in [5, 5.41) is 0. The molecule has 1 aliphatic heterocycles. The molecule has 0 unspecified atom stereocenters. The molecule has 174 valence electrons. The van der Waals surface area contributed by atoms with E-state index in [4.69, 9.17) is 19.4 Å². The molecule has 0 atom stereocenters.